The quantitative estimate of drug-likeness (QED) is 0.704. The highest BCUT2D eigenvalue weighted by atomic mass is 79.9. The zero-order valence-corrected chi connectivity index (χ0v) is 11.7. The van der Waals surface area contributed by atoms with Crippen molar-refractivity contribution in [2.24, 2.45) is 0 Å². The predicted octanol–water partition coefficient (Wildman–Crippen LogP) is 4.28. The Hall–Kier alpha value is -0.760. The number of hydrogen-bond acceptors (Lipinski definition) is 1. The van der Waals surface area contributed by atoms with E-state index in [1.807, 2.05) is 12.1 Å². The lowest BCUT2D eigenvalue weighted by molar-refractivity contribution is 0.465. The summed E-state index contributed by atoms with van der Waals surface area (Å²) in [6.45, 7) is 8.73. The number of aromatic hydroxyl groups is 1. The van der Waals surface area contributed by atoms with Crippen molar-refractivity contribution in [2.75, 3.05) is 0 Å². The van der Waals surface area contributed by atoms with Crippen LogP contribution in [0.15, 0.2) is 28.8 Å². The SMILES string of the molecule is CC1(C)C=CC(C)(C)c2cc(Br)c(O)cc21. The van der Waals surface area contributed by atoms with Crippen molar-refractivity contribution in [3.63, 3.8) is 0 Å². The number of halogens is 1. The maximum Gasteiger partial charge on any atom is 0.130 e. The number of rotatable bonds is 0. The summed E-state index contributed by atoms with van der Waals surface area (Å²) in [5.41, 5.74) is 2.51. The van der Waals surface area contributed by atoms with E-state index in [1.54, 1.807) is 0 Å². The molecule has 0 atom stereocenters. The molecule has 0 aromatic heterocycles. The fourth-order valence-electron chi connectivity index (χ4n) is 2.22. The molecule has 0 bridgehead atoms. The van der Waals surface area contributed by atoms with Crippen LogP contribution in [0.2, 0.25) is 0 Å². The Morgan fingerprint density at radius 1 is 0.938 bits per heavy atom. The predicted molar refractivity (Wildman–Crippen MR) is 71.0 cm³/mol. The van der Waals surface area contributed by atoms with Crippen molar-refractivity contribution >= 4 is 15.9 Å². The first-order chi connectivity index (χ1) is 7.24. The second-order valence-electron chi connectivity index (χ2n) is 5.63. The second kappa shape index (κ2) is 3.36. The normalized spacial score (nSPS) is 20.6. The molecule has 86 valence electrons. The Balaban J connectivity index is 2.75. The van der Waals surface area contributed by atoms with E-state index in [1.165, 1.54) is 11.1 Å². The summed E-state index contributed by atoms with van der Waals surface area (Å²) >= 11 is 3.39. The zero-order chi connectivity index (χ0) is 12.1. The van der Waals surface area contributed by atoms with E-state index in [4.69, 9.17) is 0 Å². The molecule has 0 aliphatic heterocycles. The van der Waals surface area contributed by atoms with Gasteiger partial charge < -0.3 is 5.11 Å². The lowest BCUT2D eigenvalue weighted by Crippen LogP contribution is -2.28. The molecule has 0 saturated heterocycles. The van der Waals surface area contributed by atoms with Crippen LogP contribution >= 0.6 is 15.9 Å². The molecule has 0 amide bonds. The van der Waals surface area contributed by atoms with Gasteiger partial charge in [-0.3, -0.25) is 0 Å². The Morgan fingerprint density at radius 3 is 1.88 bits per heavy atom. The highest BCUT2D eigenvalue weighted by Gasteiger charge is 2.33. The molecule has 1 aliphatic rings. The molecule has 1 aromatic carbocycles. The molecular formula is C14H17BrO. The zero-order valence-electron chi connectivity index (χ0n) is 10.1. The largest absolute Gasteiger partial charge is 0.507 e. The summed E-state index contributed by atoms with van der Waals surface area (Å²) in [7, 11) is 0. The highest BCUT2D eigenvalue weighted by Crippen LogP contribution is 2.44. The molecule has 1 aliphatic carbocycles. The van der Waals surface area contributed by atoms with Gasteiger partial charge in [-0.25, -0.2) is 0 Å². The molecule has 0 heterocycles. The summed E-state index contributed by atoms with van der Waals surface area (Å²) in [5.74, 6) is 0.318. The molecule has 0 unspecified atom stereocenters. The van der Waals surface area contributed by atoms with Crippen LogP contribution in [0.25, 0.3) is 0 Å². The van der Waals surface area contributed by atoms with Crippen LogP contribution in [-0.4, -0.2) is 5.11 Å². The minimum Gasteiger partial charge on any atom is -0.507 e. The van der Waals surface area contributed by atoms with Gasteiger partial charge in [0.25, 0.3) is 0 Å². The summed E-state index contributed by atoms with van der Waals surface area (Å²) in [4.78, 5) is 0. The Labute approximate surface area is 105 Å². The van der Waals surface area contributed by atoms with E-state index in [-0.39, 0.29) is 10.8 Å². The number of phenolic OH excluding ortho intramolecular Hbond substituents is 1. The Kier molecular flexibility index (Phi) is 2.46. The molecule has 1 nitrogen and oxygen atoms in total. The number of phenols is 1. The Bertz CT molecular complexity index is 427. The molecule has 16 heavy (non-hydrogen) atoms. The van der Waals surface area contributed by atoms with Crippen LogP contribution < -0.4 is 0 Å². The van der Waals surface area contributed by atoms with E-state index in [0.29, 0.717) is 5.75 Å². The monoisotopic (exact) mass is 280 g/mol. The van der Waals surface area contributed by atoms with Gasteiger partial charge in [0.15, 0.2) is 0 Å². The lowest BCUT2D eigenvalue weighted by atomic mass is 9.68. The van der Waals surface area contributed by atoms with Crippen molar-refractivity contribution in [1.82, 2.24) is 0 Å². The third kappa shape index (κ3) is 1.69. The fraction of sp³-hybridized carbons (Fsp3) is 0.429. The van der Waals surface area contributed by atoms with Crippen LogP contribution in [0, 0.1) is 0 Å². The summed E-state index contributed by atoms with van der Waals surface area (Å²) in [5, 5.41) is 9.81. The van der Waals surface area contributed by atoms with E-state index in [2.05, 4.69) is 55.8 Å². The molecule has 0 spiro atoms. The molecule has 2 rings (SSSR count). The third-order valence-electron chi connectivity index (χ3n) is 3.39. The molecule has 0 fully saturated rings. The van der Waals surface area contributed by atoms with Gasteiger partial charge in [-0.1, -0.05) is 39.8 Å². The maximum atomic E-state index is 9.81. The van der Waals surface area contributed by atoms with Crippen molar-refractivity contribution in [1.29, 1.82) is 0 Å². The van der Waals surface area contributed by atoms with Gasteiger partial charge >= 0.3 is 0 Å². The highest BCUT2D eigenvalue weighted by molar-refractivity contribution is 9.10. The minimum atomic E-state index is -0.0109. The maximum absolute atomic E-state index is 9.81. The van der Waals surface area contributed by atoms with Crippen LogP contribution in [0.4, 0.5) is 0 Å². The van der Waals surface area contributed by atoms with Gasteiger partial charge in [-0.15, -0.1) is 0 Å². The average molecular weight is 281 g/mol. The summed E-state index contributed by atoms with van der Waals surface area (Å²) in [6.07, 6.45) is 4.47. The summed E-state index contributed by atoms with van der Waals surface area (Å²) in [6, 6.07) is 3.92. The smallest absolute Gasteiger partial charge is 0.130 e. The van der Waals surface area contributed by atoms with Crippen LogP contribution in [-0.2, 0) is 10.8 Å². The van der Waals surface area contributed by atoms with Gasteiger partial charge in [-0.05, 0) is 39.2 Å². The van der Waals surface area contributed by atoms with Crippen molar-refractivity contribution in [3.8, 4) is 5.75 Å². The van der Waals surface area contributed by atoms with Crippen molar-refractivity contribution in [3.05, 3.63) is 39.9 Å². The number of fused-ring (bicyclic) bond motifs is 1. The van der Waals surface area contributed by atoms with Crippen molar-refractivity contribution < 1.29 is 5.11 Å². The van der Waals surface area contributed by atoms with E-state index >= 15 is 0 Å². The van der Waals surface area contributed by atoms with Crippen LogP contribution in [0.1, 0.15) is 38.8 Å². The molecule has 0 radical (unpaired) electrons. The first-order valence-corrected chi connectivity index (χ1v) is 6.27. The molecular weight excluding hydrogens is 264 g/mol. The lowest BCUT2D eigenvalue weighted by Gasteiger charge is -2.36. The average Bonchev–Trinajstić information content (AvgIpc) is 2.17. The van der Waals surface area contributed by atoms with Gasteiger partial charge in [0.1, 0.15) is 5.75 Å². The van der Waals surface area contributed by atoms with E-state index in [9.17, 15) is 5.11 Å². The van der Waals surface area contributed by atoms with Crippen molar-refractivity contribution in [2.45, 2.75) is 38.5 Å². The van der Waals surface area contributed by atoms with Crippen LogP contribution in [0.5, 0.6) is 5.75 Å². The van der Waals surface area contributed by atoms with Gasteiger partial charge in [0, 0.05) is 10.8 Å². The summed E-state index contributed by atoms with van der Waals surface area (Å²) < 4.78 is 0.769. The van der Waals surface area contributed by atoms with Gasteiger partial charge in [0.05, 0.1) is 4.47 Å². The third-order valence-corrected chi connectivity index (χ3v) is 4.03. The standard InChI is InChI=1S/C14H17BrO/c1-13(2)5-6-14(3,4)10-8-12(16)11(15)7-9(10)13/h5-8,16H,1-4H3. The molecule has 2 heteroatoms. The molecule has 1 N–H and O–H groups in total. The number of allylic oxidation sites excluding steroid dienone is 2. The number of benzene rings is 1. The second-order valence-corrected chi connectivity index (χ2v) is 6.48. The first kappa shape index (κ1) is 11.7. The Morgan fingerprint density at radius 2 is 1.38 bits per heavy atom. The van der Waals surface area contributed by atoms with Crippen LogP contribution in [0.3, 0.4) is 0 Å². The number of hydrogen-bond donors (Lipinski definition) is 1. The van der Waals surface area contributed by atoms with E-state index in [0.717, 1.165) is 4.47 Å². The fourth-order valence-corrected chi connectivity index (χ4v) is 2.57. The molecule has 1 aromatic rings. The van der Waals surface area contributed by atoms with E-state index < -0.39 is 0 Å². The van der Waals surface area contributed by atoms with Gasteiger partial charge in [0.2, 0.25) is 0 Å². The minimum absolute atomic E-state index is 0.0109. The topological polar surface area (TPSA) is 20.2 Å². The van der Waals surface area contributed by atoms with Gasteiger partial charge in [-0.2, -0.15) is 0 Å². The molecule has 0 saturated carbocycles. The first-order valence-electron chi connectivity index (χ1n) is 5.48.